The highest BCUT2D eigenvalue weighted by molar-refractivity contribution is 6.05. The van der Waals surface area contributed by atoms with Crippen LogP contribution < -0.4 is 15.0 Å². The third kappa shape index (κ3) is 3.68. The molecule has 2 aromatic carbocycles. The number of likely N-dealkylation sites (N-methyl/N-ethyl adjacent to an activating group) is 1. The van der Waals surface area contributed by atoms with Crippen molar-refractivity contribution in [2.45, 2.75) is 6.10 Å². The van der Waals surface area contributed by atoms with Gasteiger partial charge < -0.3 is 15.0 Å². The van der Waals surface area contributed by atoms with Crippen molar-refractivity contribution >= 4 is 23.6 Å². The quantitative estimate of drug-likeness (QED) is 0.873. The Morgan fingerprint density at radius 1 is 1.20 bits per heavy atom. The van der Waals surface area contributed by atoms with Crippen molar-refractivity contribution in [1.82, 2.24) is 5.32 Å². The van der Waals surface area contributed by atoms with Gasteiger partial charge in [-0.05, 0) is 35.9 Å². The Morgan fingerprint density at radius 3 is 2.64 bits per heavy atom. The van der Waals surface area contributed by atoms with Crippen LogP contribution in [0, 0.1) is 5.82 Å². The minimum atomic E-state index is -0.775. The van der Waals surface area contributed by atoms with Gasteiger partial charge in [-0.1, -0.05) is 24.3 Å². The average molecular weight is 340 g/mol. The fraction of sp³-hybridized carbons (Fsp3) is 0.158. The number of nitrogens with zero attached hydrogens (tertiary/aromatic N) is 1. The first-order valence-electron chi connectivity index (χ1n) is 7.81. The summed E-state index contributed by atoms with van der Waals surface area (Å²) in [7, 11) is 1.52. The van der Waals surface area contributed by atoms with Crippen LogP contribution in [-0.2, 0) is 9.59 Å². The molecule has 128 valence electrons. The van der Waals surface area contributed by atoms with Crippen LogP contribution >= 0.6 is 0 Å². The predicted octanol–water partition coefficient (Wildman–Crippen LogP) is 2.38. The van der Waals surface area contributed by atoms with E-state index >= 15 is 0 Å². The van der Waals surface area contributed by atoms with Crippen LogP contribution in [0.5, 0.6) is 5.75 Å². The predicted molar refractivity (Wildman–Crippen MR) is 92.7 cm³/mol. The van der Waals surface area contributed by atoms with Gasteiger partial charge in [0.25, 0.3) is 11.8 Å². The molecular formula is C19H17FN2O3. The van der Waals surface area contributed by atoms with Gasteiger partial charge in [-0.15, -0.1) is 0 Å². The molecule has 1 aliphatic heterocycles. The highest BCUT2D eigenvalue weighted by Crippen LogP contribution is 2.33. The van der Waals surface area contributed by atoms with E-state index in [1.165, 1.54) is 30.2 Å². The third-order valence-electron chi connectivity index (χ3n) is 3.87. The summed E-state index contributed by atoms with van der Waals surface area (Å²) >= 11 is 0. The molecule has 5 nitrogen and oxygen atoms in total. The summed E-state index contributed by atoms with van der Waals surface area (Å²) in [6.07, 6.45) is 2.23. The lowest BCUT2D eigenvalue weighted by atomic mass is 10.1. The van der Waals surface area contributed by atoms with Gasteiger partial charge in [-0.3, -0.25) is 9.59 Å². The number of rotatable bonds is 3. The molecule has 3 rings (SSSR count). The SMILES string of the molecule is CNC(=O)[C@H]1CN(C(=O)/C=C/c2ccc(F)cc2)c2ccccc2O1. The van der Waals surface area contributed by atoms with Gasteiger partial charge in [0, 0.05) is 13.1 Å². The Bertz CT molecular complexity index is 818. The topological polar surface area (TPSA) is 58.6 Å². The van der Waals surface area contributed by atoms with Gasteiger partial charge in [-0.25, -0.2) is 4.39 Å². The highest BCUT2D eigenvalue weighted by Gasteiger charge is 2.32. The molecule has 6 heteroatoms. The first-order chi connectivity index (χ1) is 12.1. The number of benzene rings is 2. The molecule has 0 aromatic heterocycles. The molecule has 0 fully saturated rings. The number of hydrogen-bond acceptors (Lipinski definition) is 3. The van der Waals surface area contributed by atoms with E-state index in [1.807, 2.05) is 0 Å². The second-order valence-electron chi connectivity index (χ2n) is 5.52. The smallest absolute Gasteiger partial charge is 0.262 e. The lowest BCUT2D eigenvalue weighted by molar-refractivity contribution is -0.127. The van der Waals surface area contributed by atoms with Gasteiger partial charge in [0.05, 0.1) is 12.2 Å². The fourth-order valence-corrected chi connectivity index (χ4v) is 2.57. The Labute approximate surface area is 144 Å². The molecule has 0 saturated carbocycles. The zero-order valence-corrected chi connectivity index (χ0v) is 13.6. The summed E-state index contributed by atoms with van der Waals surface area (Å²) in [5.41, 5.74) is 1.32. The maximum Gasteiger partial charge on any atom is 0.262 e. The molecule has 1 heterocycles. The Kier molecular flexibility index (Phi) is 4.79. The van der Waals surface area contributed by atoms with E-state index in [-0.39, 0.29) is 24.2 Å². The van der Waals surface area contributed by atoms with Gasteiger partial charge >= 0.3 is 0 Å². The number of amides is 2. The molecule has 0 radical (unpaired) electrons. The van der Waals surface area contributed by atoms with Gasteiger partial charge in [0.15, 0.2) is 6.10 Å². The number of carbonyl (C=O) groups is 2. The van der Waals surface area contributed by atoms with Crippen LogP contribution in [0.4, 0.5) is 10.1 Å². The number of hydrogen-bond donors (Lipinski definition) is 1. The fourth-order valence-electron chi connectivity index (χ4n) is 2.57. The summed E-state index contributed by atoms with van der Waals surface area (Å²) in [6.45, 7) is 0.114. The highest BCUT2D eigenvalue weighted by atomic mass is 19.1. The third-order valence-corrected chi connectivity index (χ3v) is 3.87. The van der Waals surface area contributed by atoms with E-state index in [0.717, 1.165) is 0 Å². The van der Waals surface area contributed by atoms with E-state index in [1.54, 1.807) is 42.5 Å². The lowest BCUT2D eigenvalue weighted by Gasteiger charge is -2.33. The van der Waals surface area contributed by atoms with Crippen LogP contribution in [-0.4, -0.2) is 31.5 Å². The van der Waals surface area contributed by atoms with E-state index in [4.69, 9.17) is 4.74 Å². The van der Waals surface area contributed by atoms with Crippen LogP contribution in [0.15, 0.2) is 54.6 Å². The second-order valence-corrected chi connectivity index (χ2v) is 5.52. The molecule has 0 unspecified atom stereocenters. The first kappa shape index (κ1) is 16.7. The first-order valence-corrected chi connectivity index (χ1v) is 7.81. The van der Waals surface area contributed by atoms with Crippen molar-refractivity contribution in [2.75, 3.05) is 18.5 Å². The van der Waals surface area contributed by atoms with E-state index in [9.17, 15) is 14.0 Å². The van der Waals surface area contributed by atoms with Crippen LogP contribution in [0.2, 0.25) is 0 Å². The van der Waals surface area contributed by atoms with Gasteiger partial charge in [0.1, 0.15) is 11.6 Å². The van der Waals surface area contributed by atoms with Gasteiger partial charge in [-0.2, -0.15) is 0 Å². The molecule has 0 bridgehead atoms. The van der Waals surface area contributed by atoms with E-state index in [2.05, 4.69) is 5.32 Å². The Morgan fingerprint density at radius 2 is 1.92 bits per heavy atom. The van der Waals surface area contributed by atoms with E-state index in [0.29, 0.717) is 17.0 Å². The molecule has 2 amide bonds. The van der Waals surface area contributed by atoms with Crippen molar-refractivity contribution in [3.05, 3.63) is 66.0 Å². The largest absolute Gasteiger partial charge is 0.477 e. The minimum absolute atomic E-state index is 0.114. The van der Waals surface area contributed by atoms with Crippen molar-refractivity contribution in [3.63, 3.8) is 0 Å². The summed E-state index contributed by atoms with van der Waals surface area (Å²) in [4.78, 5) is 26.1. The molecule has 0 saturated heterocycles. The molecule has 0 spiro atoms. The van der Waals surface area contributed by atoms with Crippen molar-refractivity contribution in [1.29, 1.82) is 0 Å². The Hall–Kier alpha value is -3.15. The number of nitrogens with one attached hydrogen (secondary N) is 1. The molecule has 1 N–H and O–H groups in total. The van der Waals surface area contributed by atoms with Gasteiger partial charge in [0.2, 0.25) is 0 Å². The number of para-hydroxylation sites is 2. The summed E-state index contributed by atoms with van der Waals surface area (Å²) in [5, 5.41) is 2.53. The average Bonchev–Trinajstić information content (AvgIpc) is 2.65. The maximum absolute atomic E-state index is 12.9. The number of ether oxygens (including phenoxy) is 1. The Balaban J connectivity index is 1.84. The lowest BCUT2D eigenvalue weighted by Crippen LogP contribution is -2.49. The summed E-state index contributed by atoms with van der Waals surface area (Å²) < 4.78 is 18.6. The minimum Gasteiger partial charge on any atom is -0.477 e. The molecule has 0 aliphatic carbocycles. The van der Waals surface area contributed by atoms with Crippen molar-refractivity contribution in [3.8, 4) is 5.75 Å². The summed E-state index contributed by atoms with van der Waals surface area (Å²) in [6, 6.07) is 12.9. The molecule has 1 aliphatic rings. The zero-order chi connectivity index (χ0) is 17.8. The molecule has 25 heavy (non-hydrogen) atoms. The second kappa shape index (κ2) is 7.17. The van der Waals surface area contributed by atoms with Crippen LogP contribution in [0.1, 0.15) is 5.56 Å². The maximum atomic E-state index is 12.9. The molecule has 2 aromatic rings. The number of fused-ring (bicyclic) bond motifs is 1. The van der Waals surface area contributed by atoms with Crippen LogP contribution in [0.3, 0.4) is 0 Å². The summed E-state index contributed by atoms with van der Waals surface area (Å²) in [5.74, 6) is -0.436. The standard InChI is InChI=1S/C19H17FN2O3/c1-21-19(24)17-12-22(15-4-2-3-5-16(15)25-17)18(23)11-8-13-6-9-14(20)10-7-13/h2-11,17H,12H2,1H3,(H,21,24)/b11-8+/t17-/m1/s1. The van der Waals surface area contributed by atoms with Crippen molar-refractivity contribution < 1.29 is 18.7 Å². The number of carbonyl (C=O) groups excluding carboxylic acids is 2. The molecule has 1 atom stereocenters. The monoisotopic (exact) mass is 340 g/mol. The number of anilines is 1. The van der Waals surface area contributed by atoms with Crippen molar-refractivity contribution in [2.24, 2.45) is 0 Å². The number of halogens is 1. The van der Waals surface area contributed by atoms with Crippen LogP contribution in [0.25, 0.3) is 6.08 Å². The van der Waals surface area contributed by atoms with E-state index < -0.39 is 6.10 Å². The zero-order valence-electron chi connectivity index (χ0n) is 13.6. The molecular weight excluding hydrogens is 323 g/mol. The normalized spacial score (nSPS) is 16.2.